The van der Waals surface area contributed by atoms with Crippen LogP contribution in [0.4, 0.5) is 0 Å². The lowest BCUT2D eigenvalue weighted by atomic mass is 10.2. The zero-order valence-electron chi connectivity index (χ0n) is 10.1. The molecule has 1 aromatic rings. The van der Waals surface area contributed by atoms with Crippen molar-refractivity contribution in [1.29, 1.82) is 0 Å². The van der Waals surface area contributed by atoms with Gasteiger partial charge in [-0.1, -0.05) is 5.16 Å². The molecule has 0 aromatic carbocycles. The largest absolute Gasteiger partial charge is 0.409 e. The highest BCUT2D eigenvalue weighted by molar-refractivity contribution is 9.11. The Hall–Kier alpha value is -1.08. The number of nitrogens with zero attached hydrogens (tertiary/aromatic N) is 1. The third-order valence-corrected chi connectivity index (χ3v) is 4.49. The first-order chi connectivity index (χ1) is 8.54. The second kappa shape index (κ2) is 7.38. The number of oxime groups is 1. The molecule has 0 atom stereocenters. The number of carbonyl (C=O) groups excluding carboxylic acids is 1. The smallest absolute Gasteiger partial charge is 0.261 e. The van der Waals surface area contributed by atoms with E-state index in [0.717, 1.165) is 22.2 Å². The van der Waals surface area contributed by atoms with E-state index >= 15 is 0 Å². The van der Waals surface area contributed by atoms with E-state index in [2.05, 4.69) is 26.4 Å². The molecule has 0 saturated heterocycles. The van der Waals surface area contributed by atoms with Crippen molar-refractivity contribution in [3.63, 3.8) is 0 Å². The Morgan fingerprint density at radius 1 is 1.61 bits per heavy atom. The zero-order chi connectivity index (χ0) is 13.5. The molecule has 1 amide bonds. The highest BCUT2D eigenvalue weighted by Crippen LogP contribution is 2.27. The molecule has 7 heteroatoms. The van der Waals surface area contributed by atoms with E-state index < -0.39 is 0 Å². The average Bonchev–Trinajstić information content (AvgIpc) is 2.68. The number of hydrogen-bond donors (Lipinski definition) is 3. The molecule has 0 spiro atoms. The van der Waals surface area contributed by atoms with Crippen LogP contribution in [-0.2, 0) is 0 Å². The van der Waals surface area contributed by atoms with Gasteiger partial charge in [0.05, 0.1) is 8.66 Å². The van der Waals surface area contributed by atoms with Gasteiger partial charge < -0.3 is 16.3 Å². The van der Waals surface area contributed by atoms with E-state index in [1.165, 1.54) is 11.3 Å². The normalized spacial score (nSPS) is 11.6. The van der Waals surface area contributed by atoms with Gasteiger partial charge >= 0.3 is 0 Å². The second-order valence-corrected chi connectivity index (χ2v) is 6.24. The molecule has 1 heterocycles. The van der Waals surface area contributed by atoms with Crippen molar-refractivity contribution >= 4 is 39.0 Å². The molecule has 0 fully saturated rings. The molecular formula is C11H16BrN3O2S. The minimum atomic E-state index is -0.0578. The fourth-order valence-electron chi connectivity index (χ4n) is 1.34. The summed E-state index contributed by atoms with van der Waals surface area (Å²) in [4.78, 5) is 12.5. The Kier molecular flexibility index (Phi) is 6.14. The molecule has 0 radical (unpaired) electrons. The van der Waals surface area contributed by atoms with Crippen LogP contribution in [0.5, 0.6) is 0 Å². The number of nitrogens with one attached hydrogen (secondary N) is 1. The number of unbranched alkanes of at least 4 members (excludes halogenated alkanes) is 1. The summed E-state index contributed by atoms with van der Waals surface area (Å²) in [6.45, 7) is 2.54. The Morgan fingerprint density at radius 3 is 2.89 bits per heavy atom. The van der Waals surface area contributed by atoms with Crippen molar-refractivity contribution in [3.05, 3.63) is 20.3 Å². The SMILES string of the molecule is Cc1cc(C(=O)NCCCCC(N)=NO)sc1Br. The maximum absolute atomic E-state index is 11.8. The van der Waals surface area contributed by atoms with Crippen LogP contribution in [0.25, 0.3) is 0 Å². The van der Waals surface area contributed by atoms with Gasteiger partial charge in [0.25, 0.3) is 5.91 Å². The predicted octanol–water partition coefficient (Wildman–Crippen LogP) is 2.47. The molecule has 100 valence electrons. The van der Waals surface area contributed by atoms with Crippen molar-refractivity contribution in [2.75, 3.05) is 6.54 Å². The Labute approximate surface area is 118 Å². The van der Waals surface area contributed by atoms with Gasteiger partial charge in [-0.3, -0.25) is 4.79 Å². The van der Waals surface area contributed by atoms with E-state index in [-0.39, 0.29) is 11.7 Å². The fourth-order valence-corrected chi connectivity index (χ4v) is 2.79. The molecule has 18 heavy (non-hydrogen) atoms. The molecule has 5 nitrogen and oxygen atoms in total. The van der Waals surface area contributed by atoms with E-state index in [9.17, 15) is 4.79 Å². The zero-order valence-corrected chi connectivity index (χ0v) is 12.5. The quantitative estimate of drug-likeness (QED) is 0.245. The second-order valence-electron chi connectivity index (χ2n) is 3.87. The molecule has 0 aliphatic carbocycles. The van der Waals surface area contributed by atoms with Gasteiger partial charge in [0, 0.05) is 13.0 Å². The van der Waals surface area contributed by atoms with Crippen molar-refractivity contribution < 1.29 is 10.0 Å². The summed E-state index contributed by atoms with van der Waals surface area (Å²) < 4.78 is 0.986. The first-order valence-corrected chi connectivity index (χ1v) is 7.16. The molecule has 0 bridgehead atoms. The topological polar surface area (TPSA) is 87.7 Å². The Bertz CT molecular complexity index is 426. The molecule has 1 rings (SSSR count). The standard InChI is InChI=1S/C11H16BrN3O2S/c1-7-6-8(18-10(7)12)11(16)14-5-3-2-4-9(13)15-17/h6,17H,2-5H2,1H3,(H2,13,15)(H,14,16). The van der Waals surface area contributed by atoms with Crippen LogP contribution in [0, 0.1) is 6.92 Å². The summed E-state index contributed by atoms with van der Waals surface area (Å²) in [5, 5.41) is 14.1. The van der Waals surface area contributed by atoms with Crippen molar-refractivity contribution in [2.45, 2.75) is 26.2 Å². The number of amides is 1. The molecule has 0 aliphatic heterocycles. The lowest BCUT2D eigenvalue weighted by Crippen LogP contribution is -2.23. The summed E-state index contributed by atoms with van der Waals surface area (Å²) in [7, 11) is 0. The first-order valence-electron chi connectivity index (χ1n) is 5.55. The van der Waals surface area contributed by atoms with Crippen LogP contribution < -0.4 is 11.1 Å². The van der Waals surface area contributed by atoms with Gasteiger partial charge in [-0.05, 0) is 47.3 Å². The third kappa shape index (κ3) is 4.66. The number of aryl methyl sites for hydroxylation is 1. The molecule has 4 N–H and O–H groups in total. The monoisotopic (exact) mass is 333 g/mol. The van der Waals surface area contributed by atoms with Crippen molar-refractivity contribution in [2.24, 2.45) is 10.9 Å². The number of carbonyl (C=O) groups is 1. The molecule has 0 saturated carbocycles. The maximum atomic E-state index is 11.8. The van der Waals surface area contributed by atoms with Gasteiger partial charge in [0.2, 0.25) is 0 Å². The number of rotatable bonds is 6. The van der Waals surface area contributed by atoms with Gasteiger partial charge in [-0.15, -0.1) is 11.3 Å². The van der Waals surface area contributed by atoms with E-state index in [1.807, 2.05) is 13.0 Å². The number of nitrogens with two attached hydrogens (primary N) is 1. The van der Waals surface area contributed by atoms with E-state index in [0.29, 0.717) is 17.8 Å². The number of halogens is 1. The number of amidine groups is 1. The summed E-state index contributed by atoms with van der Waals surface area (Å²) in [5.41, 5.74) is 6.40. The minimum Gasteiger partial charge on any atom is -0.409 e. The summed E-state index contributed by atoms with van der Waals surface area (Å²) in [6, 6.07) is 1.86. The summed E-state index contributed by atoms with van der Waals surface area (Å²) >= 11 is 4.82. The van der Waals surface area contributed by atoms with E-state index in [1.54, 1.807) is 0 Å². The van der Waals surface area contributed by atoms with Crippen molar-refractivity contribution in [1.82, 2.24) is 5.32 Å². The first kappa shape index (κ1) is 15.0. The lowest BCUT2D eigenvalue weighted by Gasteiger charge is -2.03. The highest BCUT2D eigenvalue weighted by Gasteiger charge is 2.10. The highest BCUT2D eigenvalue weighted by atomic mass is 79.9. The number of thiophene rings is 1. The van der Waals surface area contributed by atoms with Crippen LogP contribution >= 0.6 is 27.3 Å². The minimum absolute atomic E-state index is 0.0578. The molecule has 0 aliphatic rings. The Balaban J connectivity index is 2.25. The Morgan fingerprint density at radius 2 is 2.33 bits per heavy atom. The fraction of sp³-hybridized carbons (Fsp3) is 0.455. The van der Waals surface area contributed by atoms with Crippen LogP contribution in [0.15, 0.2) is 15.0 Å². The van der Waals surface area contributed by atoms with Crippen molar-refractivity contribution in [3.8, 4) is 0 Å². The molecule has 1 aromatic heterocycles. The van der Waals surface area contributed by atoms with Gasteiger partial charge in [0.1, 0.15) is 5.84 Å². The third-order valence-electron chi connectivity index (χ3n) is 2.35. The summed E-state index contributed by atoms with van der Waals surface area (Å²) in [5.74, 6) is 0.164. The predicted molar refractivity (Wildman–Crippen MR) is 76.3 cm³/mol. The maximum Gasteiger partial charge on any atom is 0.261 e. The molecular weight excluding hydrogens is 318 g/mol. The van der Waals surface area contributed by atoms with Crippen LogP contribution in [0.1, 0.15) is 34.5 Å². The van der Waals surface area contributed by atoms with Crippen LogP contribution in [-0.4, -0.2) is 23.5 Å². The summed E-state index contributed by atoms with van der Waals surface area (Å²) in [6.07, 6.45) is 2.12. The number of hydrogen-bond acceptors (Lipinski definition) is 4. The van der Waals surface area contributed by atoms with E-state index in [4.69, 9.17) is 10.9 Å². The van der Waals surface area contributed by atoms with Gasteiger partial charge in [-0.25, -0.2) is 0 Å². The van der Waals surface area contributed by atoms with Gasteiger partial charge in [0.15, 0.2) is 0 Å². The van der Waals surface area contributed by atoms with Crippen LogP contribution in [0.3, 0.4) is 0 Å². The van der Waals surface area contributed by atoms with Gasteiger partial charge in [-0.2, -0.15) is 0 Å². The van der Waals surface area contributed by atoms with Crippen LogP contribution in [0.2, 0.25) is 0 Å². The molecule has 0 unspecified atom stereocenters. The average molecular weight is 334 g/mol. The lowest BCUT2D eigenvalue weighted by molar-refractivity contribution is 0.0957.